The molecule has 0 atom stereocenters. The molecule has 2 nitrogen and oxygen atoms in total. The minimum absolute atomic E-state index is 0.747. The smallest absolute Gasteiger partial charge is 0.0855 e. The number of halogens is 1. The van der Waals surface area contributed by atoms with Crippen molar-refractivity contribution in [3.8, 4) is 0 Å². The van der Waals surface area contributed by atoms with Crippen molar-refractivity contribution >= 4 is 23.4 Å². The van der Waals surface area contributed by atoms with Crippen LogP contribution in [-0.2, 0) is 6.42 Å². The zero-order chi connectivity index (χ0) is 15.4. The molecule has 0 saturated heterocycles. The van der Waals surface area contributed by atoms with Crippen LogP contribution in [0.1, 0.15) is 17.7 Å². The highest BCUT2D eigenvalue weighted by Gasteiger charge is 2.03. The van der Waals surface area contributed by atoms with E-state index in [1.807, 2.05) is 47.3 Å². The Morgan fingerprint density at radius 2 is 2.05 bits per heavy atom. The molecule has 0 saturated carbocycles. The van der Waals surface area contributed by atoms with E-state index in [9.17, 15) is 0 Å². The maximum atomic E-state index is 5.90. The van der Waals surface area contributed by atoms with E-state index >= 15 is 0 Å². The third-order valence-electron chi connectivity index (χ3n) is 3.52. The lowest BCUT2D eigenvalue weighted by molar-refractivity contribution is 0.871. The molecule has 0 unspecified atom stereocenters. The third kappa shape index (κ3) is 3.66. The van der Waals surface area contributed by atoms with Crippen molar-refractivity contribution < 1.29 is 0 Å². The molecule has 2 aromatic rings. The number of rotatable bonds is 5. The average molecular weight is 309 g/mol. The first-order chi connectivity index (χ1) is 10.7. The van der Waals surface area contributed by atoms with Crippen molar-refractivity contribution in [2.75, 3.05) is 0 Å². The van der Waals surface area contributed by atoms with Crippen LogP contribution >= 0.6 is 11.6 Å². The van der Waals surface area contributed by atoms with Crippen LogP contribution in [0.25, 0.3) is 11.8 Å². The molecular weight excluding hydrogens is 292 g/mol. The van der Waals surface area contributed by atoms with Crippen LogP contribution < -0.4 is 0 Å². The van der Waals surface area contributed by atoms with E-state index in [1.54, 1.807) is 0 Å². The summed E-state index contributed by atoms with van der Waals surface area (Å²) in [6.45, 7) is 4.12. The van der Waals surface area contributed by atoms with Crippen molar-refractivity contribution in [1.82, 2.24) is 9.78 Å². The van der Waals surface area contributed by atoms with Gasteiger partial charge in [0.1, 0.15) is 0 Å². The molecule has 22 heavy (non-hydrogen) atoms. The minimum atomic E-state index is 0.747. The van der Waals surface area contributed by atoms with E-state index in [0.29, 0.717) is 0 Å². The lowest BCUT2D eigenvalue weighted by atomic mass is 10.1. The molecule has 3 rings (SSSR count). The number of aromatic nitrogens is 2. The molecule has 110 valence electrons. The van der Waals surface area contributed by atoms with Crippen molar-refractivity contribution in [3.05, 3.63) is 89.3 Å². The van der Waals surface area contributed by atoms with Gasteiger partial charge in [0.05, 0.1) is 5.69 Å². The Balaban J connectivity index is 1.65. The zero-order valence-corrected chi connectivity index (χ0v) is 13.0. The molecule has 0 fully saturated rings. The summed E-state index contributed by atoms with van der Waals surface area (Å²) in [5.41, 5.74) is 4.34. The molecule has 0 spiro atoms. The van der Waals surface area contributed by atoms with Gasteiger partial charge in [0, 0.05) is 23.3 Å². The first kappa shape index (κ1) is 14.6. The monoisotopic (exact) mass is 308 g/mol. The van der Waals surface area contributed by atoms with Crippen molar-refractivity contribution in [2.45, 2.75) is 12.8 Å². The van der Waals surface area contributed by atoms with Crippen molar-refractivity contribution in [2.24, 2.45) is 0 Å². The Hall–Kier alpha value is -2.32. The van der Waals surface area contributed by atoms with Gasteiger partial charge in [-0.3, -0.25) is 0 Å². The number of nitrogens with zero attached hydrogens (tertiary/aromatic N) is 2. The van der Waals surface area contributed by atoms with Gasteiger partial charge in [-0.2, -0.15) is 5.10 Å². The van der Waals surface area contributed by atoms with Crippen molar-refractivity contribution in [3.63, 3.8) is 0 Å². The maximum Gasteiger partial charge on any atom is 0.0855 e. The van der Waals surface area contributed by atoms with Crippen molar-refractivity contribution in [1.29, 1.82) is 0 Å². The molecule has 1 aliphatic carbocycles. The molecule has 0 radical (unpaired) electrons. The minimum Gasteiger partial charge on any atom is -0.245 e. The summed E-state index contributed by atoms with van der Waals surface area (Å²) < 4.78 is 1.83. The largest absolute Gasteiger partial charge is 0.245 e. The maximum absolute atomic E-state index is 5.90. The number of hydrogen-bond donors (Lipinski definition) is 0. The van der Waals surface area contributed by atoms with Gasteiger partial charge < -0.3 is 0 Å². The molecule has 3 heteroatoms. The summed E-state index contributed by atoms with van der Waals surface area (Å²) >= 11 is 5.90. The van der Waals surface area contributed by atoms with E-state index in [1.165, 1.54) is 11.1 Å². The number of allylic oxidation sites excluding steroid dienone is 6. The Morgan fingerprint density at radius 1 is 1.23 bits per heavy atom. The topological polar surface area (TPSA) is 17.8 Å². The molecule has 0 amide bonds. The van der Waals surface area contributed by atoms with Gasteiger partial charge in [-0.1, -0.05) is 54.6 Å². The van der Waals surface area contributed by atoms with Crippen LogP contribution in [0.2, 0.25) is 5.02 Å². The fraction of sp³-hybridized carbons (Fsp3) is 0.105. The Kier molecular flexibility index (Phi) is 4.40. The number of benzene rings is 1. The van der Waals surface area contributed by atoms with Gasteiger partial charge in [-0.15, -0.1) is 0 Å². The summed E-state index contributed by atoms with van der Waals surface area (Å²) in [7, 11) is 0. The van der Waals surface area contributed by atoms with Crippen LogP contribution in [0.15, 0.2) is 73.0 Å². The first-order valence-electron chi connectivity index (χ1n) is 7.23. The average Bonchev–Trinajstić information content (AvgIpc) is 3.18. The van der Waals surface area contributed by atoms with Gasteiger partial charge in [0.25, 0.3) is 0 Å². The predicted octanol–water partition coefficient (Wildman–Crippen LogP) is 5.15. The van der Waals surface area contributed by atoms with Gasteiger partial charge >= 0.3 is 0 Å². The van der Waals surface area contributed by atoms with Crippen LogP contribution in [0.4, 0.5) is 0 Å². The summed E-state index contributed by atoms with van der Waals surface area (Å²) in [5, 5.41) is 5.29. The standard InChI is InChI=1S/C19H17ClN2/c1-15(14-17-6-9-18(20)10-7-17)22-13-12-19(21-22)11-8-16-4-2-3-5-16/h2-4,6-13H,1,5,14H2/b11-8+. The van der Waals surface area contributed by atoms with E-state index < -0.39 is 0 Å². The van der Waals surface area contributed by atoms with Gasteiger partial charge in [-0.05, 0) is 41.8 Å². The molecule has 0 aliphatic heterocycles. The third-order valence-corrected chi connectivity index (χ3v) is 3.78. The first-order valence-corrected chi connectivity index (χ1v) is 7.60. The van der Waals surface area contributed by atoms with E-state index in [0.717, 1.165) is 29.3 Å². The molecule has 0 N–H and O–H groups in total. The lowest BCUT2D eigenvalue weighted by Gasteiger charge is -2.06. The Labute approximate surface area is 135 Å². The normalized spacial score (nSPS) is 13.8. The highest BCUT2D eigenvalue weighted by Crippen LogP contribution is 2.16. The molecular formula is C19H17ClN2. The fourth-order valence-electron chi connectivity index (χ4n) is 2.30. The zero-order valence-electron chi connectivity index (χ0n) is 12.2. The molecule has 1 aromatic carbocycles. The highest BCUT2D eigenvalue weighted by molar-refractivity contribution is 6.30. The summed E-state index contributed by atoms with van der Waals surface area (Å²) in [5.74, 6) is 0. The lowest BCUT2D eigenvalue weighted by Crippen LogP contribution is -2.00. The molecule has 1 aliphatic rings. The predicted molar refractivity (Wildman–Crippen MR) is 93.6 cm³/mol. The van der Waals surface area contributed by atoms with E-state index in [-0.39, 0.29) is 0 Å². The molecule has 0 bridgehead atoms. The second kappa shape index (κ2) is 6.63. The Bertz CT molecular complexity index is 761. The second-order valence-electron chi connectivity index (χ2n) is 5.26. The Morgan fingerprint density at radius 3 is 2.77 bits per heavy atom. The van der Waals surface area contributed by atoms with Gasteiger partial charge in [0.15, 0.2) is 0 Å². The van der Waals surface area contributed by atoms with Crippen LogP contribution in [0.3, 0.4) is 0 Å². The highest BCUT2D eigenvalue weighted by atomic mass is 35.5. The summed E-state index contributed by atoms with van der Waals surface area (Å²) in [6.07, 6.45) is 14.2. The van der Waals surface area contributed by atoms with Gasteiger partial charge in [0.2, 0.25) is 0 Å². The quantitative estimate of drug-likeness (QED) is 0.747. The fourth-order valence-corrected chi connectivity index (χ4v) is 2.43. The molecule has 1 heterocycles. The van der Waals surface area contributed by atoms with Crippen LogP contribution in [-0.4, -0.2) is 9.78 Å². The van der Waals surface area contributed by atoms with E-state index in [4.69, 9.17) is 11.6 Å². The molecule has 1 aromatic heterocycles. The van der Waals surface area contributed by atoms with E-state index in [2.05, 4.69) is 36.0 Å². The SMILES string of the molecule is C=C(Cc1ccc(Cl)cc1)n1ccc(/C=C/C2=CC=CC2)n1. The second-order valence-corrected chi connectivity index (χ2v) is 5.70. The number of hydrogen-bond acceptors (Lipinski definition) is 1. The van der Waals surface area contributed by atoms with Crippen LogP contribution in [0.5, 0.6) is 0 Å². The van der Waals surface area contributed by atoms with Gasteiger partial charge in [-0.25, -0.2) is 4.68 Å². The summed E-state index contributed by atoms with van der Waals surface area (Å²) in [6, 6.07) is 9.80. The van der Waals surface area contributed by atoms with Crippen LogP contribution in [0, 0.1) is 0 Å². The summed E-state index contributed by atoms with van der Waals surface area (Å²) in [4.78, 5) is 0.